The fourth-order valence-electron chi connectivity index (χ4n) is 12.8. The van der Waals surface area contributed by atoms with E-state index in [2.05, 4.69) is 33.0 Å². The van der Waals surface area contributed by atoms with Crippen LogP contribution in [0.3, 0.4) is 0 Å². The van der Waals surface area contributed by atoms with Gasteiger partial charge < -0.3 is 30.6 Å². The zero-order valence-electron chi connectivity index (χ0n) is 33.8. The van der Waals surface area contributed by atoms with Gasteiger partial charge in [-0.1, -0.05) is 40.2 Å². The summed E-state index contributed by atoms with van der Waals surface area (Å²) < 4.78 is 6.00. The van der Waals surface area contributed by atoms with E-state index in [1.54, 1.807) is 18.2 Å². The molecule has 1 aromatic rings. The maximum absolute atomic E-state index is 13.5. The Morgan fingerprint density at radius 1 is 1.05 bits per heavy atom. The molecule has 12 nitrogen and oxygen atoms in total. The van der Waals surface area contributed by atoms with Crippen LogP contribution >= 0.6 is 0 Å². The summed E-state index contributed by atoms with van der Waals surface area (Å²) in [6.07, 6.45) is 11.1. The number of rotatable bonds is 12. The van der Waals surface area contributed by atoms with Crippen LogP contribution in [-0.2, 0) is 25.6 Å². The van der Waals surface area contributed by atoms with Gasteiger partial charge in [-0.3, -0.25) is 24.1 Å². The van der Waals surface area contributed by atoms with Gasteiger partial charge in [-0.05, 0) is 122 Å². The first-order valence-corrected chi connectivity index (χ1v) is 21.4. The monoisotopic (exact) mass is 773 g/mol. The summed E-state index contributed by atoms with van der Waals surface area (Å²) in [5.41, 5.74) is 5.95. The molecule has 4 unspecified atom stereocenters. The number of nitrogens with one attached hydrogen (secondary N) is 1. The van der Waals surface area contributed by atoms with Gasteiger partial charge in [-0.15, -0.1) is 0 Å². The Balaban J connectivity index is 0.965. The van der Waals surface area contributed by atoms with Crippen molar-refractivity contribution in [3.63, 3.8) is 0 Å². The molecular weight excluding hydrogens is 711 g/mol. The van der Waals surface area contributed by atoms with E-state index < -0.39 is 17.9 Å². The molecule has 306 valence electrons. The van der Waals surface area contributed by atoms with E-state index >= 15 is 0 Å². The standard InChI is InChI=1S/C44H63N5O7/c1-5-30-34-21-28(50)14-16-44(34,4)33-15-17-43(3)31(10-11-32(43)40(33)41(30)54)25(2)35(22-36(46)51)47-37(52)12-8-29-9-13-39(56-29)49-19-18-48(24-38(49)53)42(55)27(23-45)20-26-6-7-26/h9,13,20,25-26,28,30-35,40-41,50,54H,5-8,10-12,14-19,21-22,24H2,1-4H3,(H2,46,51)(H,47,52)/b27-20+/t25?,28-,30?,31-,32+,33+,34?,35?,40+,41-,43-,44-/m1/s1. The second-order valence-electron chi connectivity index (χ2n) is 18.9. The molecule has 12 heteroatoms. The van der Waals surface area contributed by atoms with Crippen LogP contribution in [0.5, 0.6) is 0 Å². The molecule has 0 bridgehead atoms. The molecule has 0 aromatic carbocycles. The van der Waals surface area contributed by atoms with Gasteiger partial charge in [0.25, 0.3) is 5.91 Å². The Labute approximate surface area is 331 Å². The van der Waals surface area contributed by atoms with Crippen molar-refractivity contribution in [1.82, 2.24) is 10.2 Å². The van der Waals surface area contributed by atoms with Crippen LogP contribution in [0.15, 0.2) is 28.2 Å². The first-order chi connectivity index (χ1) is 26.7. The van der Waals surface area contributed by atoms with Gasteiger partial charge >= 0.3 is 0 Å². The highest BCUT2D eigenvalue weighted by Crippen LogP contribution is 2.69. The van der Waals surface area contributed by atoms with E-state index in [9.17, 15) is 34.7 Å². The molecule has 7 rings (SSSR count). The summed E-state index contributed by atoms with van der Waals surface area (Å²) in [6, 6.07) is 5.01. The number of furan rings is 1. The predicted octanol–water partition coefficient (Wildman–Crippen LogP) is 4.87. The minimum atomic E-state index is -0.456. The minimum absolute atomic E-state index is 0.00548. The number of aliphatic hydroxyl groups is 2. The van der Waals surface area contributed by atoms with Crippen molar-refractivity contribution in [3.05, 3.63) is 29.5 Å². The van der Waals surface area contributed by atoms with Crippen molar-refractivity contribution in [2.45, 2.75) is 129 Å². The number of carbonyl (C=O) groups excluding carboxylic acids is 4. The molecule has 5 saturated carbocycles. The summed E-state index contributed by atoms with van der Waals surface area (Å²) in [5.74, 6) is 1.55. The SMILES string of the molecule is CCC1C2C[C@H](O)CC[C@]2(C)[C@H]2CC[C@]3(C)[C@@H](C(C)C(CC(N)=O)NC(=O)CCc4ccc(N5CCN(C(=O)/C(C#N)=C/C6CC6)CC5=O)o4)CC[C@H]3[C@@H]2[C@@H]1O. The summed E-state index contributed by atoms with van der Waals surface area (Å²) in [4.78, 5) is 54.8. The largest absolute Gasteiger partial charge is 0.445 e. The number of fused-ring (bicyclic) bond motifs is 5. The molecule has 5 N–H and O–H groups in total. The summed E-state index contributed by atoms with van der Waals surface area (Å²) in [5, 5.41) is 35.4. The highest BCUT2D eigenvalue weighted by molar-refractivity contribution is 6.02. The third kappa shape index (κ3) is 7.55. The lowest BCUT2D eigenvalue weighted by atomic mass is 9.41. The zero-order chi connectivity index (χ0) is 40.1. The quantitative estimate of drug-likeness (QED) is 0.171. The molecule has 12 atom stereocenters. The smallest absolute Gasteiger partial charge is 0.264 e. The number of hydrogen-bond acceptors (Lipinski definition) is 8. The molecule has 1 aromatic heterocycles. The summed E-state index contributed by atoms with van der Waals surface area (Å²) in [7, 11) is 0. The zero-order valence-corrected chi connectivity index (χ0v) is 33.8. The topological polar surface area (TPSA) is 190 Å². The third-order valence-corrected chi connectivity index (χ3v) is 15.9. The maximum atomic E-state index is 13.5. The summed E-state index contributed by atoms with van der Waals surface area (Å²) >= 11 is 0. The van der Waals surface area contributed by atoms with Crippen molar-refractivity contribution >= 4 is 29.5 Å². The van der Waals surface area contributed by atoms with Crippen molar-refractivity contribution in [2.24, 2.45) is 63.9 Å². The second-order valence-corrected chi connectivity index (χ2v) is 18.9. The molecule has 0 spiro atoms. The molecule has 1 saturated heterocycles. The van der Waals surface area contributed by atoms with Gasteiger partial charge in [0.05, 0.1) is 12.2 Å². The van der Waals surface area contributed by atoms with Crippen LogP contribution < -0.4 is 16.0 Å². The van der Waals surface area contributed by atoms with E-state index in [1.807, 2.05) is 6.07 Å². The average Bonchev–Trinajstić information content (AvgIpc) is 3.74. The Hall–Kier alpha value is -3.69. The van der Waals surface area contributed by atoms with Crippen LogP contribution in [0, 0.1) is 69.5 Å². The summed E-state index contributed by atoms with van der Waals surface area (Å²) in [6.45, 7) is 9.54. The van der Waals surface area contributed by atoms with Gasteiger partial charge in [-0.2, -0.15) is 5.26 Å². The number of aryl methyl sites for hydroxylation is 1. The Bertz CT molecular complexity index is 1750. The van der Waals surface area contributed by atoms with Crippen molar-refractivity contribution in [1.29, 1.82) is 5.26 Å². The van der Waals surface area contributed by atoms with Crippen molar-refractivity contribution in [3.8, 4) is 6.07 Å². The van der Waals surface area contributed by atoms with Gasteiger partial charge in [0.1, 0.15) is 23.9 Å². The first kappa shape index (κ1) is 40.5. The number of anilines is 1. The van der Waals surface area contributed by atoms with Crippen LogP contribution in [-0.4, -0.2) is 76.6 Å². The lowest BCUT2D eigenvalue weighted by Crippen LogP contribution is -2.62. The van der Waals surface area contributed by atoms with Crippen LogP contribution in [0.25, 0.3) is 0 Å². The normalized spacial score (nSPS) is 36.8. The van der Waals surface area contributed by atoms with Crippen molar-refractivity contribution in [2.75, 3.05) is 24.5 Å². The third-order valence-electron chi connectivity index (χ3n) is 15.9. The Morgan fingerprint density at radius 2 is 1.79 bits per heavy atom. The average molecular weight is 774 g/mol. The lowest BCUT2D eigenvalue weighted by Gasteiger charge is -2.64. The predicted molar refractivity (Wildman–Crippen MR) is 209 cm³/mol. The maximum Gasteiger partial charge on any atom is 0.264 e. The molecule has 5 aliphatic carbocycles. The van der Waals surface area contributed by atoms with Crippen LogP contribution in [0.4, 0.5) is 5.88 Å². The van der Waals surface area contributed by atoms with Gasteiger partial charge in [0, 0.05) is 44.5 Å². The lowest BCUT2D eigenvalue weighted by molar-refractivity contribution is -0.203. The molecular formula is C44H63N5O7. The number of piperazine rings is 1. The number of carbonyl (C=O) groups is 4. The Morgan fingerprint density at radius 3 is 2.46 bits per heavy atom. The number of hydrogen-bond donors (Lipinski definition) is 4. The fourth-order valence-corrected chi connectivity index (χ4v) is 12.8. The second kappa shape index (κ2) is 15.9. The number of primary amides is 1. The van der Waals surface area contributed by atoms with Crippen LogP contribution in [0.1, 0.15) is 111 Å². The Kier molecular flexibility index (Phi) is 11.5. The molecule has 2 heterocycles. The molecule has 6 fully saturated rings. The number of amides is 4. The van der Waals surface area contributed by atoms with E-state index in [0.29, 0.717) is 35.8 Å². The van der Waals surface area contributed by atoms with Gasteiger partial charge in [0.2, 0.25) is 23.6 Å². The minimum Gasteiger partial charge on any atom is -0.445 e. The van der Waals surface area contributed by atoms with Gasteiger partial charge in [-0.25, -0.2) is 0 Å². The van der Waals surface area contributed by atoms with E-state index in [0.717, 1.165) is 64.2 Å². The number of nitrogens with zero attached hydrogens (tertiary/aromatic N) is 3. The fraction of sp³-hybridized carbons (Fsp3) is 0.750. The number of nitrogens with two attached hydrogens (primary N) is 1. The molecule has 56 heavy (non-hydrogen) atoms. The van der Waals surface area contributed by atoms with E-state index in [-0.39, 0.29) is 102 Å². The van der Waals surface area contributed by atoms with E-state index in [1.165, 1.54) is 9.80 Å². The van der Waals surface area contributed by atoms with E-state index in [4.69, 9.17) is 10.2 Å². The first-order valence-electron chi connectivity index (χ1n) is 21.4. The molecule has 1 aliphatic heterocycles. The molecule has 0 radical (unpaired) electrons. The van der Waals surface area contributed by atoms with Crippen molar-refractivity contribution < 1.29 is 33.8 Å². The number of allylic oxidation sites excluding steroid dienone is 1. The number of nitriles is 1. The van der Waals surface area contributed by atoms with Gasteiger partial charge in [0.15, 0.2) is 0 Å². The molecule has 6 aliphatic rings. The van der Waals surface area contributed by atoms with Crippen LogP contribution in [0.2, 0.25) is 0 Å². The molecule has 4 amide bonds. The number of aliphatic hydroxyl groups excluding tert-OH is 2. The highest BCUT2D eigenvalue weighted by atomic mass is 16.4. The highest BCUT2D eigenvalue weighted by Gasteiger charge is 2.65.